The summed E-state index contributed by atoms with van der Waals surface area (Å²) in [7, 11) is 2.25. The van der Waals surface area contributed by atoms with E-state index in [0.717, 1.165) is 30.9 Å². The van der Waals surface area contributed by atoms with Crippen molar-refractivity contribution in [3.8, 4) is 0 Å². The van der Waals surface area contributed by atoms with Gasteiger partial charge in [-0.1, -0.05) is 25.7 Å². The summed E-state index contributed by atoms with van der Waals surface area (Å²) in [5, 5.41) is 3.54. The van der Waals surface area contributed by atoms with Crippen LogP contribution in [0.2, 0.25) is 0 Å². The quantitative estimate of drug-likeness (QED) is 0.803. The lowest BCUT2D eigenvalue weighted by Gasteiger charge is -2.26. The van der Waals surface area contributed by atoms with Crippen molar-refractivity contribution in [3.05, 3.63) is 23.7 Å². The van der Waals surface area contributed by atoms with Crippen LogP contribution in [-0.4, -0.2) is 24.0 Å². The van der Waals surface area contributed by atoms with Gasteiger partial charge in [0.2, 0.25) is 0 Å². The summed E-state index contributed by atoms with van der Waals surface area (Å²) in [6, 6.07) is 3.74. The third kappa shape index (κ3) is 4.10. The fraction of sp³-hybridized carbons (Fsp3) is 0.765. The Bertz CT molecular complexity index is 403. The highest BCUT2D eigenvalue weighted by molar-refractivity contribution is 5.13. The molecule has 2 aliphatic carbocycles. The predicted octanol–water partition coefficient (Wildman–Crippen LogP) is 3.69. The fourth-order valence-electron chi connectivity index (χ4n) is 3.22. The van der Waals surface area contributed by atoms with E-state index >= 15 is 0 Å². The van der Waals surface area contributed by atoms with Gasteiger partial charge in [-0.3, -0.25) is 4.90 Å². The number of nitrogens with zero attached hydrogens (tertiary/aromatic N) is 1. The van der Waals surface area contributed by atoms with Gasteiger partial charge in [-0.15, -0.1) is 0 Å². The molecule has 1 aromatic rings. The second kappa shape index (κ2) is 6.77. The van der Waals surface area contributed by atoms with Gasteiger partial charge in [0, 0.05) is 24.2 Å². The van der Waals surface area contributed by atoms with E-state index in [1.54, 1.807) is 0 Å². The van der Waals surface area contributed by atoms with Crippen molar-refractivity contribution >= 4 is 0 Å². The molecule has 3 rings (SSSR count). The molecule has 0 spiro atoms. The minimum atomic E-state index is 0.746. The van der Waals surface area contributed by atoms with Gasteiger partial charge in [-0.2, -0.15) is 0 Å². The van der Waals surface area contributed by atoms with Gasteiger partial charge in [0.25, 0.3) is 0 Å². The maximum atomic E-state index is 5.73. The van der Waals surface area contributed by atoms with Crippen molar-refractivity contribution in [2.45, 2.75) is 76.5 Å². The van der Waals surface area contributed by atoms with Gasteiger partial charge in [-0.05, 0) is 38.8 Å². The molecule has 0 aromatic carbocycles. The van der Waals surface area contributed by atoms with E-state index in [0.29, 0.717) is 0 Å². The van der Waals surface area contributed by atoms with Gasteiger partial charge in [-0.25, -0.2) is 0 Å². The zero-order valence-corrected chi connectivity index (χ0v) is 12.7. The highest BCUT2D eigenvalue weighted by atomic mass is 16.3. The second-order valence-corrected chi connectivity index (χ2v) is 6.64. The zero-order valence-electron chi connectivity index (χ0n) is 12.7. The summed E-state index contributed by atoms with van der Waals surface area (Å²) >= 11 is 0. The SMILES string of the molecule is CN(Cc1cc(CNC2CC2)co1)C1CCCCCC1. The maximum absolute atomic E-state index is 5.73. The van der Waals surface area contributed by atoms with Crippen molar-refractivity contribution in [1.29, 1.82) is 0 Å². The van der Waals surface area contributed by atoms with Crippen molar-refractivity contribution in [3.63, 3.8) is 0 Å². The first kappa shape index (κ1) is 14.2. The van der Waals surface area contributed by atoms with Crippen LogP contribution in [0.3, 0.4) is 0 Å². The third-order valence-corrected chi connectivity index (χ3v) is 4.73. The van der Waals surface area contributed by atoms with E-state index in [-0.39, 0.29) is 0 Å². The lowest BCUT2D eigenvalue weighted by Crippen LogP contribution is -2.30. The summed E-state index contributed by atoms with van der Waals surface area (Å²) < 4.78 is 5.73. The van der Waals surface area contributed by atoms with Crippen LogP contribution in [0.25, 0.3) is 0 Å². The Labute approximate surface area is 122 Å². The summed E-state index contributed by atoms with van der Waals surface area (Å²) in [4.78, 5) is 2.49. The normalized spacial score (nSPS) is 21.3. The molecule has 3 nitrogen and oxygen atoms in total. The van der Waals surface area contributed by atoms with Crippen LogP contribution in [0.15, 0.2) is 16.7 Å². The van der Waals surface area contributed by atoms with Gasteiger partial charge >= 0.3 is 0 Å². The number of hydrogen-bond acceptors (Lipinski definition) is 3. The zero-order chi connectivity index (χ0) is 13.8. The number of rotatable bonds is 6. The van der Waals surface area contributed by atoms with Crippen LogP contribution in [0.5, 0.6) is 0 Å². The molecule has 1 aromatic heterocycles. The minimum absolute atomic E-state index is 0.746. The molecule has 2 fully saturated rings. The molecule has 2 aliphatic rings. The first-order valence-electron chi connectivity index (χ1n) is 8.31. The van der Waals surface area contributed by atoms with Crippen LogP contribution in [-0.2, 0) is 13.1 Å². The molecule has 1 heterocycles. The summed E-state index contributed by atoms with van der Waals surface area (Å²) in [6.07, 6.45) is 12.9. The Morgan fingerprint density at radius 2 is 1.90 bits per heavy atom. The van der Waals surface area contributed by atoms with Crippen molar-refractivity contribution in [2.75, 3.05) is 7.05 Å². The number of furan rings is 1. The maximum Gasteiger partial charge on any atom is 0.118 e. The topological polar surface area (TPSA) is 28.4 Å². The Morgan fingerprint density at radius 1 is 1.15 bits per heavy atom. The van der Waals surface area contributed by atoms with Crippen LogP contribution in [0, 0.1) is 0 Å². The molecule has 0 saturated heterocycles. The average Bonchev–Trinajstić information content (AvgIpc) is 3.22. The highest BCUT2D eigenvalue weighted by Gasteiger charge is 2.21. The van der Waals surface area contributed by atoms with Crippen molar-refractivity contribution in [2.24, 2.45) is 0 Å². The molecule has 0 unspecified atom stereocenters. The lowest BCUT2D eigenvalue weighted by molar-refractivity contribution is 0.198. The number of nitrogens with one attached hydrogen (secondary N) is 1. The molecule has 0 atom stereocenters. The van der Waals surface area contributed by atoms with E-state index in [2.05, 4.69) is 23.3 Å². The van der Waals surface area contributed by atoms with Crippen LogP contribution in [0.1, 0.15) is 62.7 Å². The Morgan fingerprint density at radius 3 is 2.60 bits per heavy atom. The molecule has 0 bridgehead atoms. The smallest absolute Gasteiger partial charge is 0.118 e. The van der Waals surface area contributed by atoms with Crippen LogP contribution >= 0.6 is 0 Å². The average molecular weight is 276 g/mol. The van der Waals surface area contributed by atoms with E-state index < -0.39 is 0 Å². The standard InChI is InChI=1S/C17H28N2O/c1-19(16-6-4-2-3-5-7-16)12-17-10-14(13-20-17)11-18-15-8-9-15/h10,13,15-16,18H,2-9,11-12H2,1H3. The largest absolute Gasteiger partial charge is 0.468 e. The Balaban J connectivity index is 1.48. The lowest BCUT2D eigenvalue weighted by atomic mass is 10.1. The fourth-order valence-corrected chi connectivity index (χ4v) is 3.22. The van der Waals surface area contributed by atoms with E-state index in [1.807, 2.05) is 6.26 Å². The third-order valence-electron chi connectivity index (χ3n) is 4.73. The Hall–Kier alpha value is -0.800. The molecule has 0 radical (unpaired) electrons. The van der Waals surface area contributed by atoms with Gasteiger partial charge in [0.05, 0.1) is 12.8 Å². The molecule has 112 valence electrons. The molecular formula is C17H28N2O. The monoisotopic (exact) mass is 276 g/mol. The highest BCUT2D eigenvalue weighted by Crippen LogP contribution is 2.23. The van der Waals surface area contributed by atoms with Gasteiger partial charge in [0.1, 0.15) is 5.76 Å². The molecular weight excluding hydrogens is 248 g/mol. The summed E-state index contributed by atoms with van der Waals surface area (Å²) in [6.45, 7) is 1.91. The summed E-state index contributed by atoms with van der Waals surface area (Å²) in [5.41, 5.74) is 1.29. The minimum Gasteiger partial charge on any atom is -0.468 e. The molecule has 0 aliphatic heterocycles. The molecule has 1 N–H and O–H groups in total. The predicted molar refractivity (Wildman–Crippen MR) is 81.5 cm³/mol. The number of hydrogen-bond donors (Lipinski definition) is 1. The van der Waals surface area contributed by atoms with Crippen molar-refractivity contribution < 1.29 is 4.42 Å². The Kier molecular flexibility index (Phi) is 4.79. The van der Waals surface area contributed by atoms with Crippen LogP contribution in [0.4, 0.5) is 0 Å². The van der Waals surface area contributed by atoms with E-state index in [4.69, 9.17) is 4.42 Å². The van der Waals surface area contributed by atoms with Crippen LogP contribution < -0.4 is 5.32 Å². The molecule has 0 amide bonds. The first-order chi connectivity index (χ1) is 9.81. The van der Waals surface area contributed by atoms with Gasteiger partial charge < -0.3 is 9.73 Å². The van der Waals surface area contributed by atoms with E-state index in [9.17, 15) is 0 Å². The first-order valence-corrected chi connectivity index (χ1v) is 8.31. The second-order valence-electron chi connectivity index (χ2n) is 6.64. The summed E-state index contributed by atoms with van der Waals surface area (Å²) in [5.74, 6) is 1.12. The molecule has 20 heavy (non-hydrogen) atoms. The molecule has 2 saturated carbocycles. The van der Waals surface area contributed by atoms with Gasteiger partial charge in [0.15, 0.2) is 0 Å². The van der Waals surface area contributed by atoms with E-state index in [1.165, 1.54) is 56.9 Å². The van der Waals surface area contributed by atoms with Crippen molar-refractivity contribution in [1.82, 2.24) is 10.2 Å². The molecule has 3 heteroatoms.